The molecule has 0 aliphatic heterocycles. The van der Waals surface area contributed by atoms with Gasteiger partial charge in [-0.05, 0) is 63.0 Å². The summed E-state index contributed by atoms with van der Waals surface area (Å²) in [6.45, 7) is 3.03. The van der Waals surface area contributed by atoms with Crippen LogP contribution in [0.15, 0.2) is 54.8 Å². The molecular weight excluding hydrogens is 406 g/mol. The van der Waals surface area contributed by atoms with Crippen molar-refractivity contribution in [2.45, 2.75) is 110 Å². The molecule has 0 radical (unpaired) electrons. The van der Waals surface area contributed by atoms with E-state index in [9.17, 15) is 4.79 Å². The number of unbranched alkanes of at least 4 members (excludes halogenated alkanes) is 9. The number of benzene rings is 1. The molecule has 1 aromatic carbocycles. The predicted octanol–water partition coefficient (Wildman–Crippen LogP) is 8.86. The molecule has 0 unspecified atom stereocenters. The van der Waals surface area contributed by atoms with E-state index in [0.717, 1.165) is 19.4 Å². The fraction of sp³-hybridized carbons (Fsp3) is 0.567. The zero-order valence-electron chi connectivity index (χ0n) is 20.8. The molecule has 0 bridgehead atoms. The Kier molecular flexibility index (Phi) is 14.1. The number of carboxylic acid groups (broad SMARTS) is 1. The van der Waals surface area contributed by atoms with Gasteiger partial charge in [0, 0.05) is 30.1 Å². The quantitative estimate of drug-likeness (QED) is 0.171. The second-order valence-corrected chi connectivity index (χ2v) is 9.20. The molecule has 3 nitrogen and oxygen atoms in total. The molecule has 0 atom stereocenters. The smallest absolute Gasteiger partial charge is 0.303 e. The average molecular weight is 452 g/mol. The summed E-state index contributed by atoms with van der Waals surface area (Å²) in [6.07, 6.45) is 28.9. The molecule has 0 saturated heterocycles. The molecule has 0 spiro atoms. The topological polar surface area (TPSA) is 42.2 Å². The minimum atomic E-state index is -0.715. The normalized spacial score (nSPS) is 11.9. The predicted molar refractivity (Wildman–Crippen MR) is 142 cm³/mol. The highest BCUT2D eigenvalue weighted by molar-refractivity contribution is 5.84. The summed E-state index contributed by atoms with van der Waals surface area (Å²) in [5.74, 6) is -0.715. The van der Waals surface area contributed by atoms with Gasteiger partial charge in [0.05, 0.1) is 0 Å². The molecule has 1 N–H and O–H groups in total. The Bertz CT molecular complexity index is 846. The molecule has 0 saturated carbocycles. The molecule has 2 aromatic rings. The summed E-state index contributed by atoms with van der Waals surface area (Å²) in [6, 6.07) is 8.53. The second kappa shape index (κ2) is 17.2. The van der Waals surface area contributed by atoms with Crippen LogP contribution in [-0.2, 0) is 17.8 Å². The number of hydrogen-bond acceptors (Lipinski definition) is 1. The lowest BCUT2D eigenvalue weighted by Crippen LogP contribution is -2.00. The minimum absolute atomic E-state index is 0.230. The Morgan fingerprint density at radius 1 is 0.848 bits per heavy atom. The van der Waals surface area contributed by atoms with Gasteiger partial charge in [-0.3, -0.25) is 4.79 Å². The van der Waals surface area contributed by atoms with E-state index >= 15 is 0 Å². The molecule has 0 fully saturated rings. The molecule has 1 aromatic heterocycles. The van der Waals surface area contributed by atoms with Crippen LogP contribution in [0.1, 0.15) is 102 Å². The van der Waals surface area contributed by atoms with E-state index in [4.69, 9.17) is 5.11 Å². The van der Waals surface area contributed by atoms with Crippen molar-refractivity contribution in [3.8, 4) is 0 Å². The molecular formula is C30H45NO2. The number of carboxylic acids is 1. The van der Waals surface area contributed by atoms with E-state index in [2.05, 4.69) is 66.3 Å². The van der Waals surface area contributed by atoms with Crippen LogP contribution in [0.25, 0.3) is 10.9 Å². The van der Waals surface area contributed by atoms with Crippen molar-refractivity contribution >= 4 is 16.9 Å². The number of hydrogen-bond donors (Lipinski definition) is 1. The fourth-order valence-corrected chi connectivity index (χ4v) is 4.41. The number of aliphatic carboxylic acids is 1. The van der Waals surface area contributed by atoms with Gasteiger partial charge in [0.15, 0.2) is 0 Å². The molecule has 182 valence electrons. The van der Waals surface area contributed by atoms with Crippen LogP contribution >= 0.6 is 0 Å². The Balaban J connectivity index is 1.55. The Morgan fingerprint density at radius 2 is 1.52 bits per heavy atom. The Hall–Kier alpha value is -2.29. The molecule has 33 heavy (non-hydrogen) atoms. The first-order valence-electron chi connectivity index (χ1n) is 13.3. The number of carbonyl (C=O) groups is 1. The van der Waals surface area contributed by atoms with E-state index < -0.39 is 5.97 Å². The van der Waals surface area contributed by atoms with Gasteiger partial charge >= 0.3 is 5.97 Å². The van der Waals surface area contributed by atoms with Crippen LogP contribution in [0.3, 0.4) is 0 Å². The molecule has 0 aliphatic carbocycles. The van der Waals surface area contributed by atoms with Crippen LogP contribution < -0.4 is 0 Å². The average Bonchev–Trinajstić information content (AvgIpc) is 3.16. The highest BCUT2D eigenvalue weighted by Crippen LogP contribution is 2.24. The minimum Gasteiger partial charge on any atom is -0.481 e. The summed E-state index contributed by atoms with van der Waals surface area (Å²) in [5, 5.41) is 10.2. The number of fused-ring (bicyclic) bond motifs is 1. The highest BCUT2D eigenvalue weighted by atomic mass is 16.4. The highest BCUT2D eigenvalue weighted by Gasteiger charge is 2.08. The van der Waals surface area contributed by atoms with Crippen LogP contribution in [0.5, 0.6) is 0 Å². The van der Waals surface area contributed by atoms with E-state index in [1.165, 1.54) is 87.1 Å². The van der Waals surface area contributed by atoms with Crippen molar-refractivity contribution in [2.24, 2.45) is 0 Å². The lowest BCUT2D eigenvalue weighted by atomic mass is 10.0. The van der Waals surface area contributed by atoms with Gasteiger partial charge in [0.25, 0.3) is 0 Å². The van der Waals surface area contributed by atoms with E-state index in [1.807, 2.05) is 0 Å². The lowest BCUT2D eigenvalue weighted by molar-refractivity contribution is -0.137. The Morgan fingerprint density at radius 3 is 2.24 bits per heavy atom. The van der Waals surface area contributed by atoms with Crippen molar-refractivity contribution in [1.82, 2.24) is 4.57 Å². The van der Waals surface area contributed by atoms with Crippen LogP contribution in [-0.4, -0.2) is 15.6 Å². The summed E-state index contributed by atoms with van der Waals surface area (Å²) in [7, 11) is 0. The van der Waals surface area contributed by atoms with Crippen LogP contribution in [0, 0.1) is 0 Å². The monoisotopic (exact) mass is 451 g/mol. The van der Waals surface area contributed by atoms with E-state index in [1.54, 1.807) is 0 Å². The standard InChI is InChI=1S/C30H45NO2/c1-2-3-4-5-6-7-8-9-10-11-12-13-14-15-16-17-21-27-26-31(25-20-24-30(32)33)29-23-19-18-22-28(27)29/h6-7,9-10,18-19,22-23,26H,2-5,8,11-17,20-21,24-25H2,1H3,(H,32,33). The van der Waals surface area contributed by atoms with Gasteiger partial charge in [0.2, 0.25) is 0 Å². The summed E-state index contributed by atoms with van der Waals surface area (Å²) < 4.78 is 2.24. The number of aromatic nitrogens is 1. The van der Waals surface area contributed by atoms with Gasteiger partial charge in [-0.25, -0.2) is 0 Å². The number of para-hydroxylation sites is 1. The summed E-state index contributed by atoms with van der Waals surface area (Å²) >= 11 is 0. The zero-order chi connectivity index (χ0) is 23.6. The van der Waals surface area contributed by atoms with Crippen molar-refractivity contribution in [3.63, 3.8) is 0 Å². The fourth-order valence-electron chi connectivity index (χ4n) is 4.41. The maximum atomic E-state index is 10.8. The van der Waals surface area contributed by atoms with Crippen molar-refractivity contribution in [2.75, 3.05) is 0 Å². The maximum Gasteiger partial charge on any atom is 0.303 e. The van der Waals surface area contributed by atoms with Gasteiger partial charge in [-0.2, -0.15) is 0 Å². The third kappa shape index (κ3) is 11.4. The third-order valence-corrected chi connectivity index (χ3v) is 6.31. The van der Waals surface area contributed by atoms with E-state index in [-0.39, 0.29) is 6.42 Å². The summed E-state index contributed by atoms with van der Waals surface area (Å²) in [4.78, 5) is 10.8. The van der Waals surface area contributed by atoms with Gasteiger partial charge < -0.3 is 9.67 Å². The zero-order valence-corrected chi connectivity index (χ0v) is 20.8. The van der Waals surface area contributed by atoms with Gasteiger partial charge in [-0.15, -0.1) is 0 Å². The molecule has 3 heteroatoms. The SMILES string of the molecule is CCCCCC=CCC=CCCCCCCCCc1cn(CCCC(=O)O)c2ccccc12. The van der Waals surface area contributed by atoms with Crippen LogP contribution in [0.2, 0.25) is 0 Å². The number of nitrogens with zero attached hydrogens (tertiary/aromatic N) is 1. The lowest BCUT2D eigenvalue weighted by Gasteiger charge is -2.03. The molecule has 0 aliphatic rings. The molecule has 2 rings (SSSR count). The van der Waals surface area contributed by atoms with Crippen molar-refractivity contribution in [1.29, 1.82) is 0 Å². The van der Waals surface area contributed by atoms with E-state index in [0.29, 0.717) is 6.42 Å². The first-order valence-corrected chi connectivity index (χ1v) is 13.3. The largest absolute Gasteiger partial charge is 0.481 e. The third-order valence-electron chi connectivity index (χ3n) is 6.31. The first kappa shape index (κ1) is 27.0. The second-order valence-electron chi connectivity index (χ2n) is 9.20. The van der Waals surface area contributed by atoms with Crippen molar-refractivity contribution in [3.05, 3.63) is 60.3 Å². The summed E-state index contributed by atoms with van der Waals surface area (Å²) in [5.41, 5.74) is 2.64. The van der Waals surface area contributed by atoms with Gasteiger partial charge in [-0.1, -0.05) is 88.0 Å². The Labute approximate surface area is 201 Å². The number of aryl methyl sites for hydroxylation is 2. The van der Waals surface area contributed by atoms with Crippen molar-refractivity contribution < 1.29 is 9.90 Å². The first-order chi connectivity index (χ1) is 16.2. The molecule has 0 amide bonds. The maximum absolute atomic E-state index is 10.8. The number of rotatable bonds is 19. The molecule has 1 heterocycles. The number of allylic oxidation sites excluding steroid dienone is 4. The van der Waals surface area contributed by atoms with Gasteiger partial charge in [0.1, 0.15) is 0 Å². The van der Waals surface area contributed by atoms with Crippen LogP contribution in [0.4, 0.5) is 0 Å².